The van der Waals surface area contributed by atoms with Crippen LogP contribution < -0.4 is 0 Å². The van der Waals surface area contributed by atoms with E-state index in [1.165, 1.54) is 276 Å². The van der Waals surface area contributed by atoms with Crippen LogP contribution in [0.25, 0.3) is 0 Å². The van der Waals surface area contributed by atoms with Crippen molar-refractivity contribution in [2.45, 2.75) is 470 Å². The Bertz CT molecular complexity index is 1960. The number of ether oxygens (including phenoxy) is 4. The lowest BCUT2D eigenvalue weighted by atomic mass is 10.0. The molecule has 0 aliphatic rings. The van der Waals surface area contributed by atoms with Gasteiger partial charge in [0.25, 0.3) is 0 Å². The van der Waals surface area contributed by atoms with Crippen LogP contribution in [0.15, 0.2) is 0 Å². The van der Waals surface area contributed by atoms with Crippen molar-refractivity contribution in [2.75, 3.05) is 39.6 Å². The van der Waals surface area contributed by atoms with Crippen molar-refractivity contribution in [3.63, 3.8) is 0 Å². The van der Waals surface area contributed by atoms with E-state index in [4.69, 9.17) is 37.0 Å². The molecule has 3 N–H and O–H groups in total. The minimum atomic E-state index is -4.96. The molecule has 0 fully saturated rings. The fourth-order valence-corrected chi connectivity index (χ4v) is 14.7. The Labute approximate surface area is 632 Å². The molecule has 5 atom stereocenters. The van der Waals surface area contributed by atoms with E-state index in [1.807, 2.05) is 0 Å². The number of carbonyl (C=O) groups is 4. The number of unbranched alkanes of at least 4 members (excludes halogenated alkanes) is 56. The number of rotatable bonds is 84. The molecule has 103 heavy (non-hydrogen) atoms. The maximum atomic E-state index is 13.1. The average Bonchev–Trinajstić information content (AvgIpc) is 0.911. The molecule has 0 spiro atoms. The first-order valence-electron chi connectivity index (χ1n) is 43.6. The molecule has 0 bridgehead atoms. The smallest absolute Gasteiger partial charge is 0.462 e. The highest BCUT2D eigenvalue weighted by atomic mass is 31.2. The summed E-state index contributed by atoms with van der Waals surface area (Å²) in [7, 11) is -9.92. The molecular formula is C84H164O17P2. The molecule has 0 aromatic rings. The van der Waals surface area contributed by atoms with Gasteiger partial charge < -0.3 is 33.8 Å². The molecule has 0 aliphatic carbocycles. The van der Waals surface area contributed by atoms with Gasteiger partial charge in [0.2, 0.25) is 0 Å². The van der Waals surface area contributed by atoms with Crippen molar-refractivity contribution in [3.05, 3.63) is 0 Å². The zero-order chi connectivity index (χ0) is 75.5. The highest BCUT2D eigenvalue weighted by Gasteiger charge is 2.30. The van der Waals surface area contributed by atoms with E-state index in [1.54, 1.807) is 0 Å². The Morgan fingerprint density at radius 1 is 0.262 bits per heavy atom. The molecule has 2 unspecified atom stereocenters. The highest BCUT2D eigenvalue weighted by molar-refractivity contribution is 7.47. The molecule has 612 valence electrons. The zero-order valence-corrected chi connectivity index (χ0v) is 69.3. The highest BCUT2D eigenvalue weighted by Crippen LogP contribution is 2.45. The van der Waals surface area contributed by atoms with Crippen LogP contribution in [0.2, 0.25) is 0 Å². The minimum Gasteiger partial charge on any atom is -0.462 e. The van der Waals surface area contributed by atoms with Gasteiger partial charge in [-0.25, -0.2) is 9.13 Å². The van der Waals surface area contributed by atoms with Crippen LogP contribution in [0.4, 0.5) is 0 Å². The molecule has 0 radical (unpaired) electrons. The van der Waals surface area contributed by atoms with Gasteiger partial charge in [-0.2, -0.15) is 0 Å². The summed E-state index contributed by atoms with van der Waals surface area (Å²) in [6.45, 7) is 7.34. The van der Waals surface area contributed by atoms with Gasteiger partial charge in [-0.1, -0.05) is 401 Å². The van der Waals surface area contributed by atoms with Crippen molar-refractivity contribution in [1.29, 1.82) is 0 Å². The molecule has 0 saturated heterocycles. The Balaban J connectivity index is 5.22. The number of aliphatic hydroxyl groups excluding tert-OH is 1. The third-order valence-corrected chi connectivity index (χ3v) is 21.7. The maximum absolute atomic E-state index is 13.1. The number of carbonyl (C=O) groups excluding carboxylic acids is 4. The Hall–Kier alpha value is -1.94. The summed E-state index contributed by atoms with van der Waals surface area (Å²) in [5.41, 5.74) is 0. The minimum absolute atomic E-state index is 0.107. The second kappa shape index (κ2) is 76.8. The third kappa shape index (κ3) is 78.0. The van der Waals surface area contributed by atoms with Crippen LogP contribution in [0, 0.1) is 5.92 Å². The van der Waals surface area contributed by atoms with E-state index in [9.17, 15) is 43.2 Å². The molecule has 0 rings (SSSR count). The third-order valence-electron chi connectivity index (χ3n) is 19.8. The summed E-state index contributed by atoms with van der Waals surface area (Å²) in [6.07, 6.45) is 69.5. The lowest BCUT2D eigenvalue weighted by molar-refractivity contribution is -0.161. The van der Waals surface area contributed by atoms with Gasteiger partial charge in [-0.3, -0.25) is 37.3 Å². The largest absolute Gasteiger partial charge is 0.472 e. The molecule has 17 nitrogen and oxygen atoms in total. The summed E-state index contributed by atoms with van der Waals surface area (Å²) < 4.78 is 68.8. The second-order valence-corrected chi connectivity index (χ2v) is 33.6. The Kier molecular flexibility index (Phi) is 75.4. The number of phosphoric acid groups is 2. The first-order valence-corrected chi connectivity index (χ1v) is 46.6. The van der Waals surface area contributed by atoms with Gasteiger partial charge >= 0.3 is 39.5 Å². The van der Waals surface area contributed by atoms with Crippen LogP contribution in [0.3, 0.4) is 0 Å². The number of phosphoric ester groups is 2. The molecule has 0 amide bonds. The number of esters is 4. The first kappa shape index (κ1) is 101. The fourth-order valence-electron chi connectivity index (χ4n) is 13.1. The Morgan fingerprint density at radius 2 is 0.447 bits per heavy atom. The molecular weight excluding hydrogens is 1340 g/mol. The van der Waals surface area contributed by atoms with Gasteiger partial charge in [0.15, 0.2) is 12.2 Å². The standard InChI is InChI=1S/C84H164O17P2/c1-6-9-12-15-18-21-24-26-28-30-32-33-34-36-38-40-44-49-54-59-64-69-83(88)100-80(74-95-82(87)68-63-58-53-48-43-39-37-35-31-29-27-25-22-19-16-13-10-7-2)76-99-103(92,93)97-72-78(85)71-96-102(90,91)98-75-79(73-94-81(86)67-62-57-52-47-23-20-17-14-11-8-3)101-84(89)70-65-60-55-50-45-41-42-46-51-56-61-66-77(4)5/h77-80,85H,6-76H2,1-5H3,(H,90,91)(H,92,93)/t78-,79+,80+/m0/s1. The molecule has 19 heteroatoms. The number of hydrogen-bond donors (Lipinski definition) is 3. The van der Waals surface area contributed by atoms with Crippen molar-refractivity contribution in [2.24, 2.45) is 5.92 Å². The van der Waals surface area contributed by atoms with E-state index < -0.39 is 97.5 Å². The van der Waals surface area contributed by atoms with Gasteiger partial charge in [0.1, 0.15) is 19.3 Å². The van der Waals surface area contributed by atoms with E-state index in [-0.39, 0.29) is 25.7 Å². The van der Waals surface area contributed by atoms with Crippen molar-refractivity contribution >= 4 is 39.5 Å². The van der Waals surface area contributed by atoms with Gasteiger partial charge in [-0.05, 0) is 31.6 Å². The van der Waals surface area contributed by atoms with Crippen LogP contribution in [0.1, 0.15) is 452 Å². The summed E-state index contributed by atoms with van der Waals surface area (Å²) in [5.74, 6) is -1.34. The maximum Gasteiger partial charge on any atom is 0.472 e. The number of aliphatic hydroxyl groups is 1. The molecule has 0 aromatic heterocycles. The molecule has 0 aromatic carbocycles. The lowest BCUT2D eigenvalue weighted by Crippen LogP contribution is -2.30. The van der Waals surface area contributed by atoms with E-state index in [0.29, 0.717) is 25.7 Å². The van der Waals surface area contributed by atoms with Crippen molar-refractivity contribution in [1.82, 2.24) is 0 Å². The summed E-state index contributed by atoms with van der Waals surface area (Å²) in [4.78, 5) is 73.1. The van der Waals surface area contributed by atoms with Crippen LogP contribution >= 0.6 is 15.6 Å². The van der Waals surface area contributed by atoms with Crippen LogP contribution in [0.5, 0.6) is 0 Å². The SMILES string of the molecule is CCCCCCCCCCCCCCCCCCCCCCCC(=O)O[C@H](COC(=O)CCCCCCCCCCCCCCCCCCCC)COP(=O)(O)OC[C@@H](O)COP(=O)(O)OC[C@@H](COC(=O)CCCCCCCCCCCC)OC(=O)CCCCCCCCCCCCCC(C)C. The van der Waals surface area contributed by atoms with Crippen molar-refractivity contribution < 1.29 is 80.2 Å². The van der Waals surface area contributed by atoms with Crippen molar-refractivity contribution in [3.8, 4) is 0 Å². The second-order valence-electron chi connectivity index (χ2n) is 30.7. The summed E-state index contributed by atoms with van der Waals surface area (Å²) in [6, 6.07) is 0. The van der Waals surface area contributed by atoms with Crippen LogP contribution in [-0.2, 0) is 65.4 Å². The monoisotopic (exact) mass is 1510 g/mol. The number of hydrogen-bond acceptors (Lipinski definition) is 15. The van der Waals surface area contributed by atoms with E-state index >= 15 is 0 Å². The summed E-state index contributed by atoms with van der Waals surface area (Å²) >= 11 is 0. The Morgan fingerprint density at radius 3 is 0.660 bits per heavy atom. The van der Waals surface area contributed by atoms with E-state index in [0.717, 1.165) is 95.8 Å². The van der Waals surface area contributed by atoms with Gasteiger partial charge in [-0.15, -0.1) is 0 Å². The predicted octanol–water partition coefficient (Wildman–Crippen LogP) is 25.6. The van der Waals surface area contributed by atoms with Crippen LogP contribution in [-0.4, -0.2) is 96.7 Å². The average molecular weight is 1510 g/mol. The van der Waals surface area contributed by atoms with Gasteiger partial charge in [0.05, 0.1) is 26.4 Å². The van der Waals surface area contributed by atoms with E-state index in [2.05, 4.69) is 34.6 Å². The molecule has 0 aliphatic heterocycles. The predicted molar refractivity (Wildman–Crippen MR) is 423 cm³/mol. The quantitative estimate of drug-likeness (QED) is 0.0222. The summed E-state index contributed by atoms with van der Waals surface area (Å²) in [5, 5.41) is 10.7. The zero-order valence-electron chi connectivity index (χ0n) is 67.5. The molecule has 0 heterocycles. The normalized spacial score (nSPS) is 13.8. The first-order chi connectivity index (χ1) is 50.0. The lowest BCUT2D eigenvalue weighted by Gasteiger charge is -2.21. The van der Waals surface area contributed by atoms with Gasteiger partial charge in [0, 0.05) is 25.7 Å². The topological polar surface area (TPSA) is 237 Å². The fraction of sp³-hybridized carbons (Fsp3) is 0.952. The molecule has 0 saturated carbocycles.